The number of hydrogen-bond acceptors (Lipinski definition) is 3. The van der Waals surface area contributed by atoms with Crippen LogP contribution in [-0.4, -0.2) is 17.4 Å². The van der Waals surface area contributed by atoms with Crippen LogP contribution in [0.4, 0.5) is 11.4 Å². The maximum Gasteiger partial charge on any atom is 0.229 e. The number of anilines is 2. The highest BCUT2D eigenvalue weighted by Gasteiger charge is 2.37. The highest BCUT2D eigenvalue weighted by atomic mass is 16.2. The molecule has 1 saturated carbocycles. The average Bonchev–Trinajstić information content (AvgIpc) is 2.47. The summed E-state index contributed by atoms with van der Waals surface area (Å²) in [5.74, 6) is 0.153. The summed E-state index contributed by atoms with van der Waals surface area (Å²) in [7, 11) is 0. The van der Waals surface area contributed by atoms with Gasteiger partial charge in [-0.25, -0.2) is 0 Å². The molecule has 0 saturated heterocycles. The molecule has 0 spiro atoms. The third-order valence-electron chi connectivity index (χ3n) is 4.60. The number of carbonyl (C=O) groups excluding carboxylic acids is 2. The van der Waals surface area contributed by atoms with E-state index in [0.29, 0.717) is 12.3 Å². The second-order valence-corrected chi connectivity index (χ2v) is 7.52. The van der Waals surface area contributed by atoms with E-state index >= 15 is 0 Å². The number of carbonyl (C=O) groups is 2. The summed E-state index contributed by atoms with van der Waals surface area (Å²) in [6.45, 7) is 5.98. The predicted octanol–water partition coefficient (Wildman–Crippen LogP) is 3.52. The number of benzene rings is 1. The van der Waals surface area contributed by atoms with E-state index in [-0.39, 0.29) is 17.7 Å². The summed E-state index contributed by atoms with van der Waals surface area (Å²) in [5.41, 5.74) is 7.31. The minimum atomic E-state index is -0.437. The lowest BCUT2D eigenvalue weighted by atomic mass is 9.74. The zero-order chi connectivity index (χ0) is 17.7. The highest BCUT2D eigenvalue weighted by Crippen LogP contribution is 2.32. The molecule has 2 rings (SSSR count). The molecule has 5 nitrogen and oxygen atoms in total. The van der Waals surface area contributed by atoms with Crippen molar-refractivity contribution in [2.75, 3.05) is 10.6 Å². The van der Waals surface area contributed by atoms with Crippen molar-refractivity contribution in [3.05, 3.63) is 24.3 Å². The van der Waals surface area contributed by atoms with Gasteiger partial charge in [0.15, 0.2) is 0 Å². The quantitative estimate of drug-likeness (QED) is 0.772. The van der Waals surface area contributed by atoms with Crippen LogP contribution in [0.3, 0.4) is 0 Å². The van der Waals surface area contributed by atoms with Crippen LogP contribution in [0.25, 0.3) is 0 Å². The summed E-state index contributed by atoms with van der Waals surface area (Å²) in [4.78, 5) is 24.3. The molecule has 5 heteroatoms. The molecule has 0 aliphatic heterocycles. The molecule has 1 aliphatic carbocycles. The standard InChI is InChI=1S/C19H29N3O2/c1-13(2)12-17(23)21-14-7-9-15(10-8-14)22-18(24)16-6-4-5-11-19(16,3)20/h7-10,13,16H,4-6,11-12,20H2,1-3H3,(H,21,23)(H,22,24). The fourth-order valence-corrected chi connectivity index (χ4v) is 3.24. The van der Waals surface area contributed by atoms with Gasteiger partial charge in [-0.05, 0) is 49.9 Å². The van der Waals surface area contributed by atoms with E-state index in [0.717, 1.165) is 37.1 Å². The Bertz CT molecular complexity index is 579. The first kappa shape index (κ1) is 18.5. The number of amides is 2. The molecule has 4 N–H and O–H groups in total. The Labute approximate surface area is 144 Å². The van der Waals surface area contributed by atoms with Crippen LogP contribution >= 0.6 is 0 Å². The third kappa shape index (κ3) is 5.06. The molecule has 132 valence electrons. The van der Waals surface area contributed by atoms with Crippen molar-refractivity contribution in [2.24, 2.45) is 17.6 Å². The molecule has 2 atom stereocenters. The first-order chi connectivity index (χ1) is 11.3. The zero-order valence-electron chi connectivity index (χ0n) is 14.9. The van der Waals surface area contributed by atoms with Gasteiger partial charge in [0.1, 0.15) is 0 Å². The summed E-state index contributed by atoms with van der Waals surface area (Å²) >= 11 is 0. The number of hydrogen-bond donors (Lipinski definition) is 3. The molecule has 1 fully saturated rings. The van der Waals surface area contributed by atoms with Crippen LogP contribution in [0.5, 0.6) is 0 Å². The molecule has 0 bridgehead atoms. The van der Waals surface area contributed by atoms with E-state index in [1.165, 1.54) is 0 Å². The minimum absolute atomic E-state index is 0.00268. The van der Waals surface area contributed by atoms with E-state index < -0.39 is 5.54 Å². The molecule has 1 aromatic rings. The first-order valence-electron chi connectivity index (χ1n) is 8.77. The van der Waals surface area contributed by atoms with E-state index in [1.54, 1.807) is 24.3 Å². The van der Waals surface area contributed by atoms with Crippen LogP contribution < -0.4 is 16.4 Å². The third-order valence-corrected chi connectivity index (χ3v) is 4.60. The topological polar surface area (TPSA) is 84.2 Å². The molecule has 0 radical (unpaired) electrons. The molecular weight excluding hydrogens is 302 g/mol. The van der Waals surface area contributed by atoms with Gasteiger partial charge in [-0.1, -0.05) is 26.7 Å². The molecule has 2 unspecified atom stereocenters. The molecule has 1 aliphatic rings. The van der Waals surface area contributed by atoms with E-state index in [2.05, 4.69) is 10.6 Å². The largest absolute Gasteiger partial charge is 0.326 e. The summed E-state index contributed by atoms with van der Waals surface area (Å²) in [6, 6.07) is 7.21. The lowest BCUT2D eigenvalue weighted by Gasteiger charge is -2.37. The van der Waals surface area contributed by atoms with Crippen molar-refractivity contribution in [3.63, 3.8) is 0 Å². The lowest BCUT2D eigenvalue weighted by Crippen LogP contribution is -2.51. The molecule has 2 amide bonds. The van der Waals surface area contributed by atoms with Crippen LogP contribution in [0.1, 0.15) is 52.9 Å². The van der Waals surface area contributed by atoms with Crippen molar-refractivity contribution in [1.29, 1.82) is 0 Å². The van der Waals surface area contributed by atoms with Gasteiger partial charge in [-0.2, -0.15) is 0 Å². The van der Waals surface area contributed by atoms with Crippen LogP contribution in [0, 0.1) is 11.8 Å². The van der Waals surface area contributed by atoms with E-state index in [1.807, 2.05) is 20.8 Å². The SMILES string of the molecule is CC(C)CC(=O)Nc1ccc(NC(=O)C2CCCCC2(C)N)cc1. The van der Waals surface area contributed by atoms with E-state index in [4.69, 9.17) is 5.73 Å². The normalized spacial score (nSPS) is 23.8. The lowest BCUT2D eigenvalue weighted by molar-refractivity contribution is -0.122. The molecule has 24 heavy (non-hydrogen) atoms. The zero-order valence-corrected chi connectivity index (χ0v) is 14.9. The van der Waals surface area contributed by atoms with Crippen molar-refractivity contribution < 1.29 is 9.59 Å². The first-order valence-corrected chi connectivity index (χ1v) is 8.77. The summed E-state index contributed by atoms with van der Waals surface area (Å²) in [6.07, 6.45) is 4.34. The Morgan fingerprint density at radius 3 is 2.29 bits per heavy atom. The molecular formula is C19H29N3O2. The van der Waals surface area contributed by atoms with Gasteiger partial charge < -0.3 is 16.4 Å². The van der Waals surface area contributed by atoms with Crippen molar-refractivity contribution in [2.45, 2.75) is 58.4 Å². The highest BCUT2D eigenvalue weighted by molar-refractivity contribution is 5.94. The minimum Gasteiger partial charge on any atom is -0.326 e. The van der Waals surface area contributed by atoms with Gasteiger partial charge in [-0.15, -0.1) is 0 Å². The van der Waals surface area contributed by atoms with Crippen LogP contribution in [-0.2, 0) is 9.59 Å². The molecule has 0 heterocycles. The van der Waals surface area contributed by atoms with Gasteiger partial charge in [0.2, 0.25) is 11.8 Å². The van der Waals surface area contributed by atoms with Gasteiger partial charge in [0, 0.05) is 23.3 Å². The second-order valence-electron chi connectivity index (χ2n) is 7.52. The fourth-order valence-electron chi connectivity index (χ4n) is 3.24. The van der Waals surface area contributed by atoms with Gasteiger partial charge in [0.05, 0.1) is 5.92 Å². The number of nitrogens with one attached hydrogen (secondary N) is 2. The number of rotatable bonds is 5. The van der Waals surface area contributed by atoms with Crippen LogP contribution in [0.2, 0.25) is 0 Å². The van der Waals surface area contributed by atoms with Crippen LogP contribution in [0.15, 0.2) is 24.3 Å². The average molecular weight is 331 g/mol. The van der Waals surface area contributed by atoms with E-state index in [9.17, 15) is 9.59 Å². The van der Waals surface area contributed by atoms with Crippen molar-refractivity contribution in [1.82, 2.24) is 0 Å². The Morgan fingerprint density at radius 2 is 1.75 bits per heavy atom. The van der Waals surface area contributed by atoms with Gasteiger partial charge >= 0.3 is 0 Å². The maximum atomic E-state index is 12.5. The Balaban J connectivity index is 1.93. The number of nitrogens with two attached hydrogens (primary N) is 1. The Hall–Kier alpha value is -1.88. The summed E-state index contributed by atoms with van der Waals surface area (Å²) < 4.78 is 0. The Morgan fingerprint density at radius 1 is 1.17 bits per heavy atom. The molecule has 1 aromatic carbocycles. The smallest absolute Gasteiger partial charge is 0.229 e. The van der Waals surface area contributed by atoms with Crippen molar-refractivity contribution >= 4 is 23.2 Å². The van der Waals surface area contributed by atoms with Gasteiger partial charge in [-0.3, -0.25) is 9.59 Å². The fraction of sp³-hybridized carbons (Fsp3) is 0.579. The molecule has 0 aromatic heterocycles. The summed E-state index contributed by atoms with van der Waals surface area (Å²) in [5, 5.41) is 5.81. The predicted molar refractivity (Wildman–Crippen MR) is 97.7 cm³/mol. The Kier molecular flexibility index (Phi) is 5.99. The monoisotopic (exact) mass is 331 g/mol. The maximum absolute atomic E-state index is 12.5. The van der Waals surface area contributed by atoms with Gasteiger partial charge in [0.25, 0.3) is 0 Å². The van der Waals surface area contributed by atoms with Crippen molar-refractivity contribution in [3.8, 4) is 0 Å². The second kappa shape index (κ2) is 7.79.